The van der Waals surface area contributed by atoms with Crippen LogP contribution >= 0.6 is 11.8 Å². The largest absolute Gasteiger partial charge is 0.361 e. The predicted molar refractivity (Wildman–Crippen MR) is 84.9 cm³/mol. The zero-order valence-corrected chi connectivity index (χ0v) is 12.0. The molecular weight excluding hydrogens is 266 g/mol. The first-order valence-electron chi connectivity index (χ1n) is 6.77. The SMILES string of the molecule is c1ccc(CC2CSC(=NCc3cccnc3)N2)cc1. The minimum Gasteiger partial charge on any atom is -0.361 e. The summed E-state index contributed by atoms with van der Waals surface area (Å²) in [7, 11) is 0. The third kappa shape index (κ3) is 3.61. The third-order valence-corrected chi connectivity index (χ3v) is 4.29. The average Bonchev–Trinajstić information content (AvgIpc) is 2.95. The normalized spacial score (nSPS) is 20.0. The molecule has 4 heteroatoms. The van der Waals surface area contributed by atoms with E-state index < -0.39 is 0 Å². The van der Waals surface area contributed by atoms with Crippen LogP contribution in [0, 0.1) is 0 Å². The smallest absolute Gasteiger partial charge is 0.157 e. The van der Waals surface area contributed by atoms with Crippen molar-refractivity contribution in [2.75, 3.05) is 5.75 Å². The van der Waals surface area contributed by atoms with Crippen molar-refractivity contribution in [1.29, 1.82) is 0 Å². The van der Waals surface area contributed by atoms with Gasteiger partial charge in [0.1, 0.15) is 0 Å². The highest BCUT2D eigenvalue weighted by Gasteiger charge is 2.20. The van der Waals surface area contributed by atoms with Gasteiger partial charge in [0.05, 0.1) is 6.54 Å². The number of benzene rings is 1. The fourth-order valence-corrected chi connectivity index (χ4v) is 3.16. The summed E-state index contributed by atoms with van der Waals surface area (Å²) < 4.78 is 0. The van der Waals surface area contributed by atoms with E-state index in [4.69, 9.17) is 0 Å². The molecule has 1 aromatic heterocycles. The zero-order chi connectivity index (χ0) is 13.6. The lowest BCUT2D eigenvalue weighted by atomic mass is 10.1. The number of rotatable bonds is 4. The zero-order valence-electron chi connectivity index (χ0n) is 11.2. The number of hydrogen-bond acceptors (Lipinski definition) is 3. The summed E-state index contributed by atoms with van der Waals surface area (Å²) in [6.07, 6.45) is 4.71. The number of nitrogens with one attached hydrogen (secondary N) is 1. The molecule has 3 nitrogen and oxygen atoms in total. The molecule has 2 aromatic rings. The van der Waals surface area contributed by atoms with Gasteiger partial charge in [-0.3, -0.25) is 9.98 Å². The van der Waals surface area contributed by atoms with Crippen LogP contribution in [0.25, 0.3) is 0 Å². The standard InChI is InChI=1S/C16H17N3S/c1-2-5-13(6-3-1)9-15-12-20-16(19-15)18-11-14-7-4-8-17-10-14/h1-8,10,15H,9,11-12H2,(H,18,19). The van der Waals surface area contributed by atoms with E-state index in [1.807, 2.05) is 24.0 Å². The highest BCUT2D eigenvalue weighted by atomic mass is 32.2. The minimum absolute atomic E-state index is 0.482. The Balaban J connectivity index is 1.54. The number of aliphatic imine (C=N–C) groups is 1. The first-order chi connectivity index (χ1) is 9.90. The minimum atomic E-state index is 0.482. The Morgan fingerprint density at radius 1 is 1.15 bits per heavy atom. The molecule has 0 bridgehead atoms. The molecule has 0 amide bonds. The van der Waals surface area contributed by atoms with Crippen LogP contribution in [0.3, 0.4) is 0 Å². The maximum atomic E-state index is 4.61. The van der Waals surface area contributed by atoms with Gasteiger partial charge in [-0.2, -0.15) is 0 Å². The first-order valence-corrected chi connectivity index (χ1v) is 7.75. The Kier molecular flexibility index (Phi) is 4.33. The summed E-state index contributed by atoms with van der Waals surface area (Å²) in [5.74, 6) is 1.08. The maximum absolute atomic E-state index is 4.61. The number of amidine groups is 1. The van der Waals surface area contributed by atoms with Crippen LogP contribution in [0.5, 0.6) is 0 Å². The van der Waals surface area contributed by atoms with E-state index in [2.05, 4.69) is 51.7 Å². The molecule has 0 aliphatic carbocycles. The van der Waals surface area contributed by atoms with E-state index in [-0.39, 0.29) is 0 Å². The van der Waals surface area contributed by atoms with Crippen LogP contribution in [0.1, 0.15) is 11.1 Å². The summed E-state index contributed by atoms with van der Waals surface area (Å²) in [4.78, 5) is 8.72. The Hall–Kier alpha value is -1.81. The van der Waals surface area contributed by atoms with Crippen LogP contribution in [0.4, 0.5) is 0 Å². The van der Waals surface area contributed by atoms with Crippen molar-refractivity contribution >= 4 is 16.9 Å². The number of pyridine rings is 1. The first kappa shape index (κ1) is 13.2. The van der Waals surface area contributed by atoms with E-state index in [1.165, 1.54) is 5.56 Å². The van der Waals surface area contributed by atoms with E-state index in [1.54, 1.807) is 6.20 Å². The molecule has 102 valence electrons. The Bertz CT molecular complexity index is 569. The van der Waals surface area contributed by atoms with Gasteiger partial charge >= 0.3 is 0 Å². The fourth-order valence-electron chi connectivity index (χ4n) is 2.19. The van der Waals surface area contributed by atoms with Crippen molar-refractivity contribution in [3.8, 4) is 0 Å². The number of thioether (sulfide) groups is 1. The summed E-state index contributed by atoms with van der Waals surface area (Å²) >= 11 is 1.81. The Morgan fingerprint density at radius 3 is 2.80 bits per heavy atom. The van der Waals surface area contributed by atoms with Gasteiger partial charge in [-0.15, -0.1) is 0 Å². The highest BCUT2D eigenvalue weighted by Crippen LogP contribution is 2.17. The molecule has 2 heterocycles. The van der Waals surface area contributed by atoms with Crippen molar-refractivity contribution in [1.82, 2.24) is 10.3 Å². The number of hydrogen-bond donors (Lipinski definition) is 1. The number of aromatic nitrogens is 1. The molecule has 1 aliphatic rings. The van der Waals surface area contributed by atoms with Gasteiger partial charge in [0, 0.05) is 24.2 Å². The van der Waals surface area contributed by atoms with Crippen molar-refractivity contribution < 1.29 is 0 Å². The van der Waals surface area contributed by atoms with Crippen LogP contribution < -0.4 is 5.32 Å². The second-order valence-corrected chi connectivity index (χ2v) is 5.83. The van der Waals surface area contributed by atoms with E-state index >= 15 is 0 Å². The average molecular weight is 283 g/mol. The second-order valence-electron chi connectivity index (χ2n) is 4.82. The molecule has 1 saturated heterocycles. The lowest BCUT2D eigenvalue weighted by Gasteiger charge is -2.09. The summed E-state index contributed by atoms with van der Waals surface area (Å²) in [5.41, 5.74) is 2.52. The van der Waals surface area contributed by atoms with Crippen LogP contribution in [0.15, 0.2) is 59.9 Å². The quantitative estimate of drug-likeness (QED) is 0.937. The Labute approximate surface area is 123 Å². The summed E-state index contributed by atoms with van der Waals surface area (Å²) in [5, 5.41) is 4.55. The molecule has 1 atom stereocenters. The molecule has 0 saturated carbocycles. The molecule has 1 aliphatic heterocycles. The topological polar surface area (TPSA) is 37.3 Å². The molecular formula is C16H17N3S. The van der Waals surface area contributed by atoms with E-state index in [9.17, 15) is 0 Å². The lowest BCUT2D eigenvalue weighted by molar-refractivity contribution is 0.686. The van der Waals surface area contributed by atoms with E-state index in [0.29, 0.717) is 12.6 Å². The fraction of sp³-hybridized carbons (Fsp3) is 0.250. The maximum Gasteiger partial charge on any atom is 0.157 e. The van der Waals surface area contributed by atoms with Gasteiger partial charge in [-0.1, -0.05) is 48.2 Å². The third-order valence-electron chi connectivity index (χ3n) is 3.20. The van der Waals surface area contributed by atoms with Crippen molar-refractivity contribution in [3.63, 3.8) is 0 Å². The molecule has 1 N–H and O–H groups in total. The highest BCUT2D eigenvalue weighted by molar-refractivity contribution is 8.14. The van der Waals surface area contributed by atoms with Crippen LogP contribution in [0.2, 0.25) is 0 Å². The van der Waals surface area contributed by atoms with Gasteiger partial charge in [-0.05, 0) is 23.6 Å². The predicted octanol–water partition coefficient (Wildman–Crippen LogP) is 2.89. The van der Waals surface area contributed by atoms with Crippen molar-refractivity contribution in [2.24, 2.45) is 4.99 Å². The Morgan fingerprint density at radius 2 is 2.00 bits per heavy atom. The summed E-state index contributed by atoms with van der Waals surface area (Å²) in [6.45, 7) is 0.696. The molecule has 0 spiro atoms. The van der Waals surface area contributed by atoms with Gasteiger partial charge in [-0.25, -0.2) is 0 Å². The number of nitrogens with zero attached hydrogens (tertiary/aromatic N) is 2. The van der Waals surface area contributed by atoms with Gasteiger partial charge in [0.2, 0.25) is 0 Å². The van der Waals surface area contributed by atoms with Crippen molar-refractivity contribution in [3.05, 3.63) is 66.0 Å². The van der Waals surface area contributed by atoms with Crippen LogP contribution in [-0.2, 0) is 13.0 Å². The molecule has 1 aromatic carbocycles. The van der Waals surface area contributed by atoms with Crippen LogP contribution in [-0.4, -0.2) is 21.9 Å². The second kappa shape index (κ2) is 6.57. The van der Waals surface area contributed by atoms with Crippen molar-refractivity contribution in [2.45, 2.75) is 19.0 Å². The summed E-state index contributed by atoms with van der Waals surface area (Å²) in [6, 6.07) is 15.1. The molecule has 3 rings (SSSR count). The van der Waals surface area contributed by atoms with Gasteiger partial charge in [0.25, 0.3) is 0 Å². The lowest BCUT2D eigenvalue weighted by Crippen LogP contribution is -2.29. The van der Waals surface area contributed by atoms with Gasteiger partial charge in [0.15, 0.2) is 5.17 Å². The molecule has 1 unspecified atom stereocenters. The van der Waals surface area contributed by atoms with Gasteiger partial charge < -0.3 is 5.32 Å². The molecule has 0 radical (unpaired) electrons. The van der Waals surface area contributed by atoms with E-state index in [0.717, 1.165) is 22.9 Å². The molecule has 1 fully saturated rings. The molecule has 20 heavy (non-hydrogen) atoms. The monoisotopic (exact) mass is 283 g/mol.